The highest BCUT2D eigenvalue weighted by Crippen LogP contribution is 2.15. The Morgan fingerprint density at radius 2 is 1.88 bits per heavy atom. The maximum atomic E-state index is 11.3. The van der Waals surface area contributed by atoms with Crippen molar-refractivity contribution in [2.24, 2.45) is 0 Å². The summed E-state index contributed by atoms with van der Waals surface area (Å²) in [7, 11) is 1.19. The zero-order valence-electron chi connectivity index (χ0n) is 9.21. The van der Waals surface area contributed by atoms with Crippen LogP contribution in [0.3, 0.4) is 0 Å². The largest absolute Gasteiger partial charge is 0.508 e. The first kappa shape index (κ1) is 12.8. The summed E-state index contributed by atoms with van der Waals surface area (Å²) in [4.78, 5) is 21.9. The Morgan fingerprint density at radius 1 is 1.29 bits per heavy atom. The smallest absolute Gasteiger partial charge is 0.334 e. The third kappa shape index (κ3) is 3.98. The number of phenolic OH excluding ortho intramolecular Hbond substituents is 1. The molecule has 0 aliphatic heterocycles. The average molecular weight is 236 g/mol. The van der Waals surface area contributed by atoms with Crippen molar-refractivity contribution in [3.63, 3.8) is 0 Å². The molecule has 5 heteroatoms. The summed E-state index contributed by atoms with van der Waals surface area (Å²) in [5.74, 6) is -1.69. The van der Waals surface area contributed by atoms with Gasteiger partial charge in [0.25, 0.3) is 0 Å². The number of methoxy groups -OCH3 is 1. The Balaban J connectivity index is 3.00. The average Bonchev–Trinajstić information content (AvgIpc) is 2.29. The molecule has 1 aromatic rings. The molecule has 0 aliphatic rings. The lowest BCUT2D eigenvalue weighted by atomic mass is 10.1. The fourth-order valence-electron chi connectivity index (χ4n) is 1.25. The molecular weight excluding hydrogens is 224 g/mol. The van der Waals surface area contributed by atoms with Gasteiger partial charge in [0.2, 0.25) is 0 Å². The van der Waals surface area contributed by atoms with Crippen molar-refractivity contribution in [3.05, 3.63) is 35.4 Å². The summed E-state index contributed by atoms with van der Waals surface area (Å²) in [6.45, 7) is 0. The minimum absolute atomic E-state index is 0.0469. The van der Waals surface area contributed by atoms with Crippen molar-refractivity contribution in [2.45, 2.75) is 6.42 Å². The normalized spacial score (nSPS) is 11.0. The molecule has 0 saturated carbocycles. The second-order valence-electron chi connectivity index (χ2n) is 3.32. The van der Waals surface area contributed by atoms with E-state index in [1.165, 1.54) is 25.3 Å². The third-order valence-electron chi connectivity index (χ3n) is 2.02. The van der Waals surface area contributed by atoms with Crippen LogP contribution >= 0.6 is 0 Å². The van der Waals surface area contributed by atoms with Crippen LogP contribution in [-0.2, 0) is 14.3 Å². The molecule has 0 heterocycles. The van der Waals surface area contributed by atoms with E-state index in [9.17, 15) is 9.59 Å². The molecule has 2 N–H and O–H groups in total. The number of rotatable bonds is 4. The van der Waals surface area contributed by atoms with E-state index in [2.05, 4.69) is 4.74 Å². The van der Waals surface area contributed by atoms with Crippen LogP contribution in [0, 0.1) is 0 Å². The Morgan fingerprint density at radius 3 is 2.35 bits per heavy atom. The number of benzene rings is 1. The minimum Gasteiger partial charge on any atom is -0.508 e. The van der Waals surface area contributed by atoms with Crippen LogP contribution in [-0.4, -0.2) is 29.3 Å². The fourth-order valence-corrected chi connectivity index (χ4v) is 1.25. The number of ether oxygens (including phenoxy) is 1. The Hall–Kier alpha value is -2.30. The highest BCUT2D eigenvalue weighted by Gasteiger charge is 2.13. The van der Waals surface area contributed by atoms with Gasteiger partial charge in [-0.3, -0.25) is 4.79 Å². The number of esters is 1. The van der Waals surface area contributed by atoms with Crippen LogP contribution < -0.4 is 0 Å². The number of carboxylic acid groups (broad SMARTS) is 1. The zero-order valence-corrected chi connectivity index (χ0v) is 9.21. The third-order valence-corrected chi connectivity index (χ3v) is 2.02. The quantitative estimate of drug-likeness (QED) is 0.610. The van der Waals surface area contributed by atoms with E-state index in [4.69, 9.17) is 10.2 Å². The minimum atomic E-state index is -1.11. The van der Waals surface area contributed by atoms with E-state index in [0.717, 1.165) is 0 Å². The molecule has 0 unspecified atom stereocenters. The van der Waals surface area contributed by atoms with Crippen LogP contribution in [0.2, 0.25) is 0 Å². The number of carboxylic acids is 1. The topological polar surface area (TPSA) is 83.8 Å². The van der Waals surface area contributed by atoms with Crippen LogP contribution in [0.15, 0.2) is 29.8 Å². The first-order valence-corrected chi connectivity index (χ1v) is 4.82. The molecule has 0 aromatic heterocycles. The van der Waals surface area contributed by atoms with Gasteiger partial charge in [0, 0.05) is 5.57 Å². The molecule has 0 spiro atoms. The van der Waals surface area contributed by atoms with Crippen molar-refractivity contribution in [2.75, 3.05) is 7.11 Å². The van der Waals surface area contributed by atoms with Gasteiger partial charge < -0.3 is 14.9 Å². The van der Waals surface area contributed by atoms with Gasteiger partial charge in [-0.05, 0) is 23.8 Å². The van der Waals surface area contributed by atoms with Gasteiger partial charge in [-0.2, -0.15) is 0 Å². The van der Waals surface area contributed by atoms with Gasteiger partial charge in [-0.1, -0.05) is 12.1 Å². The van der Waals surface area contributed by atoms with Gasteiger partial charge in [0.15, 0.2) is 0 Å². The predicted octanol–water partition coefficient (Wildman–Crippen LogP) is 1.42. The molecule has 0 saturated heterocycles. The molecule has 0 bridgehead atoms. The van der Waals surface area contributed by atoms with Crippen molar-refractivity contribution in [1.29, 1.82) is 0 Å². The molecule has 0 aliphatic carbocycles. The molecule has 1 aromatic carbocycles. The van der Waals surface area contributed by atoms with Gasteiger partial charge in [0.1, 0.15) is 5.75 Å². The van der Waals surface area contributed by atoms with Gasteiger partial charge in [-0.25, -0.2) is 4.79 Å². The summed E-state index contributed by atoms with van der Waals surface area (Å²) in [5.41, 5.74) is 0.662. The van der Waals surface area contributed by atoms with Crippen molar-refractivity contribution < 1.29 is 24.5 Å². The van der Waals surface area contributed by atoms with Crippen LogP contribution in [0.4, 0.5) is 0 Å². The molecule has 90 valence electrons. The number of aromatic hydroxyl groups is 1. The van der Waals surface area contributed by atoms with Gasteiger partial charge >= 0.3 is 11.9 Å². The predicted molar refractivity (Wildman–Crippen MR) is 60.4 cm³/mol. The summed E-state index contributed by atoms with van der Waals surface area (Å²) < 4.78 is 4.49. The van der Waals surface area contributed by atoms with E-state index >= 15 is 0 Å². The van der Waals surface area contributed by atoms with E-state index in [0.29, 0.717) is 5.56 Å². The first-order chi connectivity index (χ1) is 8.02. The molecular formula is C12H12O5. The van der Waals surface area contributed by atoms with Gasteiger partial charge in [-0.15, -0.1) is 0 Å². The van der Waals surface area contributed by atoms with E-state index in [1.807, 2.05) is 0 Å². The summed E-state index contributed by atoms with van der Waals surface area (Å²) in [5, 5.41) is 17.7. The van der Waals surface area contributed by atoms with Crippen molar-refractivity contribution >= 4 is 18.0 Å². The first-order valence-electron chi connectivity index (χ1n) is 4.82. The number of phenols is 1. The lowest BCUT2D eigenvalue weighted by Gasteiger charge is -2.03. The maximum Gasteiger partial charge on any atom is 0.334 e. The number of carbonyl (C=O) groups excluding carboxylic acids is 1. The zero-order chi connectivity index (χ0) is 12.8. The molecule has 0 amide bonds. The molecule has 0 radical (unpaired) electrons. The number of hydrogen-bond donors (Lipinski definition) is 2. The monoisotopic (exact) mass is 236 g/mol. The van der Waals surface area contributed by atoms with Crippen molar-refractivity contribution in [1.82, 2.24) is 0 Å². The number of aliphatic carboxylic acids is 1. The number of hydrogen-bond acceptors (Lipinski definition) is 4. The summed E-state index contributed by atoms with van der Waals surface area (Å²) in [6.07, 6.45) is 1.01. The Bertz CT molecular complexity index is 444. The summed E-state index contributed by atoms with van der Waals surface area (Å²) in [6, 6.07) is 6.03. The van der Waals surface area contributed by atoms with E-state index in [1.54, 1.807) is 12.1 Å². The van der Waals surface area contributed by atoms with Crippen molar-refractivity contribution in [3.8, 4) is 5.75 Å². The molecule has 5 nitrogen and oxygen atoms in total. The van der Waals surface area contributed by atoms with E-state index < -0.39 is 18.4 Å². The molecule has 0 atom stereocenters. The maximum absolute atomic E-state index is 11.3. The highest BCUT2D eigenvalue weighted by atomic mass is 16.5. The lowest BCUT2D eigenvalue weighted by Crippen LogP contribution is -2.09. The summed E-state index contributed by atoms with van der Waals surface area (Å²) >= 11 is 0. The Labute approximate surface area is 98.0 Å². The second kappa shape index (κ2) is 5.69. The highest BCUT2D eigenvalue weighted by molar-refractivity contribution is 5.97. The fraction of sp³-hybridized carbons (Fsp3) is 0.167. The van der Waals surface area contributed by atoms with Gasteiger partial charge in [0.05, 0.1) is 13.5 Å². The Kier molecular flexibility index (Phi) is 4.28. The SMILES string of the molecule is COC(=O)C(=Cc1ccc(O)cc1)CC(=O)O. The van der Waals surface area contributed by atoms with Crippen LogP contribution in [0.5, 0.6) is 5.75 Å². The van der Waals surface area contributed by atoms with Crippen LogP contribution in [0.25, 0.3) is 6.08 Å². The standard InChI is InChI=1S/C12H12O5/c1-17-12(16)9(7-11(14)15)6-8-2-4-10(13)5-3-8/h2-6,13H,7H2,1H3,(H,14,15). The molecule has 0 fully saturated rings. The molecule has 17 heavy (non-hydrogen) atoms. The number of carbonyl (C=O) groups is 2. The van der Waals surface area contributed by atoms with Crippen LogP contribution in [0.1, 0.15) is 12.0 Å². The second-order valence-corrected chi connectivity index (χ2v) is 3.32. The molecule has 1 rings (SSSR count). The van der Waals surface area contributed by atoms with E-state index in [-0.39, 0.29) is 11.3 Å². The lowest BCUT2D eigenvalue weighted by molar-refractivity contribution is -0.141.